The number of nitrogens with zero attached hydrogens (tertiary/aromatic N) is 5. The third-order valence-electron chi connectivity index (χ3n) is 4.39. The Bertz CT molecular complexity index is 930. The lowest BCUT2D eigenvalue weighted by atomic mass is 10.0. The number of hydrogen-bond acceptors (Lipinski definition) is 4. The molecule has 1 amide bonds. The second kappa shape index (κ2) is 5.59. The zero-order valence-electron chi connectivity index (χ0n) is 13.5. The Kier molecular flexibility index (Phi) is 3.53. The topological polar surface area (TPSA) is 79.2 Å². The highest BCUT2D eigenvalue weighted by Gasteiger charge is 2.29. The van der Waals surface area contributed by atoms with Crippen molar-refractivity contribution in [2.24, 2.45) is 0 Å². The van der Waals surface area contributed by atoms with E-state index >= 15 is 0 Å². The van der Waals surface area contributed by atoms with Crippen LogP contribution in [-0.2, 0) is 19.4 Å². The first kappa shape index (κ1) is 15.1. The van der Waals surface area contributed by atoms with Crippen LogP contribution in [0.5, 0.6) is 0 Å². The summed E-state index contributed by atoms with van der Waals surface area (Å²) in [6.45, 7) is 5.13. The van der Waals surface area contributed by atoms with Gasteiger partial charge in [-0.3, -0.25) is 9.89 Å². The first-order valence-electron chi connectivity index (χ1n) is 7.93. The maximum atomic E-state index is 12.9. The Morgan fingerprint density at radius 2 is 2.29 bits per heavy atom. The average molecular weight is 345 g/mol. The van der Waals surface area contributed by atoms with Crippen LogP contribution in [0, 0.1) is 6.92 Å². The third-order valence-corrected chi connectivity index (χ3v) is 4.74. The number of rotatable bonds is 2. The molecule has 0 atom stereocenters. The molecule has 0 aromatic carbocycles. The molecule has 0 saturated carbocycles. The second-order valence-corrected chi connectivity index (χ2v) is 6.40. The summed E-state index contributed by atoms with van der Waals surface area (Å²) in [6, 6.07) is 0. The van der Waals surface area contributed by atoms with E-state index in [1.54, 1.807) is 15.6 Å². The molecule has 124 valence electrons. The fourth-order valence-corrected chi connectivity index (χ4v) is 3.36. The van der Waals surface area contributed by atoms with Crippen molar-refractivity contribution in [1.29, 1.82) is 0 Å². The first-order valence-corrected chi connectivity index (χ1v) is 8.31. The van der Waals surface area contributed by atoms with Crippen LogP contribution in [0.1, 0.15) is 39.9 Å². The summed E-state index contributed by atoms with van der Waals surface area (Å²) in [6.07, 6.45) is 5.12. The lowest BCUT2D eigenvalue weighted by Crippen LogP contribution is -2.36. The molecule has 0 unspecified atom stereocenters. The van der Waals surface area contributed by atoms with Gasteiger partial charge in [-0.25, -0.2) is 9.50 Å². The molecule has 1 N–H and O–H groups in total. The lowest BCUT2D eigenvalue weighted by Gasteiger charge is -2.26. The number of amides is 1. The highest BCUT2D eigenvalue weighted by atomic mass is 35.5. The molecule has 1 aliphatic heterocycles. The molecule has 3 aromatic heterocycles. The molecule has 0 fully saturated rings. The van der Waals surface area contributed by atoms with Crippen molar-refractivity contribution in [3.63, 3.8) is 0 Å². The van der Waals surface area contributed by atoms with E-state index in [1.165, 1.54) is 0 Å². The Balaban J connectivity index is 1.68. The highest BCUT2D eigenvalue weighted by molar-refractivity contribution is 6.36. The molecular formula is C16H17ClN6O. The molecule has 3 aromatic rings. The van der Waals surface area contributed by atoms with E-state index in [2.05, 4.69) is 27.2 Å². The summed E-state index contributed by atoms with van der Waals surface area (Å²) in [7, 11) is 0. The van der Waals surface area contributed by atoms with Crippen LogP contribution in [0.2, 0.25) is 5.02 Å². The third kappa shape index (κ3) is 2.27. The van der Waals surface area contributed by atoms with Gasteiger partial charge >= 0.3 is 0 Å². The number of aromatic amines is 1. The van der Waals surface area contributed by atoms with Gasteiger partial charge in [-0.05, 0) is 18.9 Å². The smallest absolute Gasteiger partial charge is 0.276 e. The van der Waals surface area contributed by atoms with Crippen molar-refractivity contribution in [1.82, 2.24) is 29.7 Å². The first-order chi connectivity index (χ1) is 11.6. The Morgan fingerprint density at radius 1 is 1.46 bits per heavy atom. The molecule has 0 bridgehead atoms. The minimum absolute atomic E-state index is 0.169. The zero-order valence-corrected chi connectivity index (χ0v) is 14.3. The number of halogens is 1. The monoisotopic (exact) mass is 344 g/mol. The van der Waals surface area contributed by atoms with E-state index < -0.39 is 0 Å². The fraction of sp³-hybridized carbons (Fsp3) is 0.375. The van der Waals surface area contributed by atoms with Crippen LogP contribution in [0.3, 0.4) is 0 Å². The van der Waals surface area contributed by atoms with Crippen molar-refractivity contribution < 1.29 is 4.79 Å². The average Bonchev–Trinajstić information content (AvgIpc) is 3.14. The summed E-state index contributed by atoms with van der Waals surface area (Å²) >= 11 is 6.35. The summed E-state index contributed by atoms with van der Waals surface area (Å²) in [5, 5.41) is 12.0. The number of hydrogen-bond donors (Lipinski definition) is 1. The van der Waals surface area contributed by atoms with Gasteiger partial charge in [0.1, 0.15) is 5.02 Å². The van der Waals surface area contributed by atoms with Gasteiger partial charge in [0.2, 0.25) is 0 Å². The van der Waals surface area contributed by atoms with Crippen molar-refractivity contribution >= 4 is 23.2 Å². The van der Waals surface area contributed by atoms with E-state index in [0.717, 1.165) is 35.4 Å². The van der Waals surface area contributed by atoms with Crippen molar-refractivity contribution in [2.45, 2.75) is 33.2 Å². The Hall–Kier alpha value is -2.41. The summed E-state index contributed by atoms with van der Waals surface area (Å²) in [5.41, 5.74) is 4.95. The van der Waals surface area contributed by atoms with Gasteiger partial charge in [0.25, 0.3) is 5.91 Å². The van der Waals surface area contributed by atoms with E-state index in [9.17, 15) is 4.79 Å². The summed E-state index contributed by atoms with van der Waals surface area (Å²) in [5.74, 6) is -0.169. The van der Waals surface area contributed by atoms with Crippen molar-refractivity contribution in [2.75, 3.05) is 6.54 Å². The largest absolute Gasteiger partial charge is 0.332 e. The molecule has 7 nitrogen and oxygen atoms in total. The van der Waals surface area contributed by atoms with E-state index in [4.69, 9.17) is 11.6 Å². The number of H-pyrrole nitrogens is 1. The number of nitrogens with one attached hydrogen (secondary N) is 1. The Labute approximate surface area is 143 Å². The van der Waals surface area contributed by atoms with Gasteiger partial charge in [0.05, 0.1) is 5.69 Å². The lowest BCUT2D eigenvalue weighted by molar-refractivity contribution is 0.0727. The van der Waals surface area contributed by atoms with E-state index in [0.29, 0.717) is 23.8 Å². The predicted molar refractivity (Wildman–Crippen MR) is 89.1 cm³/mol. The van der Waals surface area contributed by atoms with Crippen LogP contribution in [-0.4, -0.2) is 42.1 Å². The molecule has 1 aliphatic rings. The molecule has 24 heavy (non-hydrogen) atoms. The van der Waals surface area contributed by atoms with Crippen LogP contribution in [0.15, 0.2) is 12.4 Å². The van der Waals surface area contributed by atoms with Crippen LogP contribution in [0.4, 0.5) is 0 Å². The number of aromatic nitrogens is 5. The predicted octanol–water partition coefficient (Wildman–Crippen LogP) is 2.18. The SMILES string of the molecule is CCc1n[nH]c2c1CN(C(=O)c1nn3cc(C)cnc3c1Cl)CC2. The molecule has 0 saturated heterocycles. The molecule has 8 heteroatoms. The summed E-state index contributed by atoms with van der Waals surface area (Å²) < 4.78 is 1.57. The molecular weight excluding hydrogens is 328 g/mol. The standard InChI is InChI=1S/C16H17ClN6O/c1-3-11-10-8-22(5-4-12(10)20-19-11)16(24)14-13(17)15-18-6-9(2)7-23(15)21-14/h6-7H,3-5,8H2,1-2H3,(H,19,20). The van der Waals surface area contributed by atoms with Crippen molar-refractivity contribution in [3.05, 3.63) is 45.6 Å². The fourth-order valence-electron chi connectivity index (χ4n) is 3.11. The molecule has 4 heterocycles. The van der Waals surface area contributed by atoms with E-state index in [1.807, 2.05) is 13.1 Å². The van der Waals surface area contributed by atoms with Gasteiger partial charge in [0.15, 0.2) is 11.3 Å². The highest BCUT2D eigenvalue weighted by Crippen LogP contribution is 2.26. The molecule has 0 radical (unpaired) electrons. The minimum Gasteiger partial charge on any atom is -0.332 e. The number of aryl methyl sites for hydroxylation is 2. The van der Waals surface area contributed by atoms with Gasteiger partial charge < -0.3 is 4.90 Å². The maximum Gasteiger partial charge on any atom is 0.276 e. The van der Waals surface area contributed by atoms with Gasteiger partial charge in [-0.1, -0.05) is 18.5 Å². The van der Waals surface area contributed by atoms with Gasteiger partial charge in [0, 0.05) is 43.2 Å². The van der Waals surface area contributed by atoms with Crippen LogP contribution in [0.25, 0.3) is 5.65 Å². The number of carbonyl (C=O) groups is 1. The molecule has 0 aliphatic carbocycles. The van der Waals surface area contributed by atoms with Gasteiger partial charge in [-0.2, -0.15) is 10.2 Å². The molecule has 4 rings (SSSR count). The number of fused-ring (bicyclic) bond motifs is 2. The van der Waals surface area contributed by atoms with Crippen LogP contribution < -0.4 is 0 Å². The zero-order chi connectivity index (χ0) is 16.8. The normalized spacial score (nSPS) is 14.2. The van der Waals surface area contributed by atoms with Crippen molar-refractivity contribution in [3.8, 4) is 0 Å². The second-order valence-electron chi connectivity index (χ2n) is 6.02. The Morgan fingerprint density at radius 3 is 3.08 bits per heavy atom. The van der Waals surface area contributed by atoms with Crippen LogP contribution >= 0.6 is 11.6 Å². The minimum atomic E-state index is -0.169. The maximum absolute atomic E-state index is 12.9. The number of carbonyl (C=O) groups excluding carboxylic acids is 1. The quantitative estimate of drug-likeness (QED) is 0.772. The molecule has 0 spiro atoms. The van der Waals surface area contributed by atoms with E-state index in [-0.39, 0.29) is 11.6 Å². The van der Waals surface area contributed by atoms with Gasteiger partial charge in [-0.15, -0.1) is 0 Å². The summed E-state index contributed by atoms with van der Waals surface area (Å²) in [4.78, 5) is 19.0.